The van der Waals surface area contributed by atoms with Crippen molar-refractivity contribution in [3.05, 3.63) is 30.0 Å². The molecule has 2 rings (SSSR count). The Morgan fingerprint density at radius 2 is 1.93 bits per heavy atom. The fourth-order valence-electron chi connectivity index (χ4n) is 1.33. The molecule has 3 heteroatoms. The van der Waals surface area contributed by atoms with Crippen molar-refractivity contribution >= 4 is 16.9 Å². The number of fused-ring (bicyclic) bond motifs is 1. The summed E-state index contributed by atoms with van der Waals surface area (Å²) < 4.78 is 0. The quantitative estimate of drug-likeness (QED) is 0.683. The maximum atomic E-state index is 4.48. The zero-order chi connectivity index (χ0) is 10.1. The van der Waals surface area contributed by atoms with Crippen molar-refractivity contribution in [3.63, 3.8) is 0 Å². The van der Waals surface area contributed by atoms with Crippen LogP contribution in [0.1, 0.15) is 5.56 Å². The van der Waals surface area contributed by atoms with Crippen LogP contribution in [0.4, 0.5) is 5.82 Å². The van der Waals surface area contributed by atoms with Gasteiger partial charge in [-0.3, -0.25) is 4.98 Å². The lowest BCUT2D eigenvalue weighted by molar-refractivity contribution is 1.06. The normalized spacial score (nSPS) is 10.5. The molecule has 0 aliphatic carbocycles. The minimum Gasteiger partial charge on any atom is -0.361 e. The lowest BCUT2D eigenvalue weighted by Crippen LogP contribution is -2.10. The van der Waals surface area contributed by atoms with E-state index in [1.165, 1.54) is 5.56 Å². The molecule has 0 aliphatic rings. The van der Waals surface area contributed by atoms with Gasteiger partial charge in [-0.05, 0) is 24.6 Å². The smallest absolute Gasteiger partial charge is 0.147 e. The van der Waals surface area contributed by atoms with Crippen LogP contribution in [-0.2, 0) is 0 Å². The van der Waals surface area contributed by atoms with E-state index in [9.17, 15) is 0 Å². The SMILES string of the molecule is Cc1ccc2nc(N(C)C)cnc2c1. The Morgan fingerprint density at radius 3 is 2.64 bits per heavy atom. The second-order valence-corrected chi connectivity index (χ2v) is 3.61. The maximum absolute atomic E-state index is 4.48. The van der Waals surface area contributed by atoms with Gasteiger partial charge in [-0.25, -0.2) is 4.98 Å². The Morgan fingerprint density at radius 1 is 1.14 bits per heavy atom. The van der Waals surface area contributed by atoms with Gasteiger partial charge in [-0.1, -0.05) is 6.07 Å². The van der Waals surface area contributed by atoms with Crippen LogP contribution in [0.5, 0.6) is 0 Å². The minimum atomic E-state index is 0.890. The van der Waals surface area contributed by atoms with E-state index in [0.717, 1.165) is 16.9 Å². The minimum absolute atomic E-state index is 0.890. The Kier molecular flexibility index (Phi) is 2.08. The lowest BCUT2D eigenvalue weighted by Gasteiger charge is -2.10. The highest BCUT2D eigenvalue weighted by Crippen LogP contribution is 2.14. The van der Waals surface area contributed by atoms with E-state index in [2.05, 4.69) is 23.0 Å². The monoisotopic (exact) mass is 187 g/mol. The van der Waals surface area contributed by atoms with E-state index in [0.29, 0.717) is 0 Å². The van der Waals surface area contributed by atoms with Gasteiger partial charge in [0.15, 0.2) is 0 Å². The van der Waals surface area contributed by atoms with Crippen LogP contribution in [0, 0.1) is 6.92 Å². The molecule has 1 heterocycles. The van der Waals surface area contributed by atoms with E-state index in [4.69, 9.17) is 0 Å². The van der Waals surface area contributed by atoms with Crippen molar-refractivity contribution in [3.8, 4) is 0 Å². The number of hydrogen-bond acceptors (Lipinski definition) is 3. The molecule has 72 valence electrons. The molecule has 0 fully saturated rings. The van der Waals surface area contributed by atoms with Gasteiger partial charge in [0.2, 0.25) is 0 Å². The molecule has 0 bridgehead atoms. The van der Waals surface area contributed by atoms with Gasteiger partial charge < -0.3 is 4.90 Å². The summed E-state index contributed by atoms with van der Waals surface area (Å²) in [6.07, 6.45) is 1.79. The molecule has 0 amide bonds. The first-order chi connectivity index (χ1) is 6.66. The maximum Gasteiger partial charge on any atom is 0.147 e. The van der Waals surface area contributed by atoms with E-state index in [1.807, 2.05) is 31.1 Å². The third-order valence-corrected chi connectivity index (χ3v) is 2.14. The van der Waals surface area contributed by atoms with E-state index in [1.54, 1.807) is 6.20 Å². The number of aromatic nitrogens is 2. The molecule has 3 nitrogen and oxygen atoms in total. The molecule has 2 aromatic rings. The van der Waals surface area contributed by atoms with Crippen LogP contribution in [0.15, 0.2) is 24.4 Å². The molecule has 0 saturated carbocycles. The summed E-state index contributed by atoms with van der Waals surface area (Å²) in [6.45, 7) is 2.06. The first kappa shape index (κ1) is 8.94. The van der Waals surface area contributed by atoms with Crippen molar-refractivity contribution < 1.29 is 0 Å². The van der Waals surface area contributed by atoms with E-state index < -0.39 is 0 Å². The highest BCUT2D eigenvalue weighted by atomic mass is 15.1. The number of hydrogen-bond donors (Lipinski definition) is 0. The first-order valence-corrected chi connectivity index (χ1v) is 4.57. The van der Waals surface area contributed by atoms with Gasteiger partial charge in [-0.15, -0.1) is 0 Å². The largest absolute Gasteiger partial charge is 0.361 e. The Hall–Kier alpha value is -1.64. The average Bonchev–Trinajstić information content (AvgIpc) is 2.16. The summed E-state index contributed by atoms with van der Waals surface area (Å²) in [5.74, 6) is 0.890. The van der Waals surface area contributed by atoms with Gasteiger partial charge in [-0.2, -0.15) is 0 Å². The summed E-state index contributed by atoms with van der Waals surface area (Å²) in [7, 11) is 3.92. The van der Waals surface area contributed by atoms with Crippen LogP contribution in [-0.4, -0.2) is 24.1 Å². The molecule has 0 radical (unpaired) electrons. The van der Waals surface area contributed by atoms with Crippen LogP contribution in [0.25, 0.3) is 11.0 Å². The Balaban J connectivity index is 2.62. The Bertz CT molecular complexity index is 463. The number of rotatable bonds is 1. The molecular formula is C11H13N3. The fourth-order valence-corrected chi connectivity index (χ4v) is 1.33. The van der Waals surface area contributed by atoms with E-state index >= 15 is 0 Å². The molecule has 0 aliphatic heterocycles. The van der Waals surface area contributed by atoms with Crippen molar-refractivity contribution in [2.24, 2.45) is 0 Å². The zero-order valence-electron chi connectivity index (χ0n) is 8.65. The van der Waals surface area contributed by atoms with Crippen LogP contribution >= 0.6 is 0 Å². The van der Waals surface area contributed by atoms with Crippen molar-refractivity contribution in [2.45, 2.75) is 6.92 Å². The number of aryl methyl sites for hydroxylation is 1. The average molecular weight is 187 g/mol. The number of nitrogens with zero attached hydrogens (tertiary/aromatic N) is 3. The molecule has 0 unspecified atom stereocenters. The predicted molar refractivity (Wildman–Crippen MR) is 58.6 cm³/mol. The van der Waals surface area contributed by atoms with Crippen LogP contribution < -0.4 is 4.90 Å². The summed E-state index contributed by atoms with van der Waals surface area (Å²) in [5.41, 5.74) is 3.11. The third kappa shape index (κ3) is 1.53. The topological polar surface area (TPSA) is 29.0 Å². The second-order valence-electron chi connectivity index (χ2n) is 3.61. The van der Waals surface area contributed by atoms with Crippen molar-refractivity contribution in [1.29, 1.82) is 0 Å². The predicted octanol–water partition coefficient (Wildman–Crippen LogP) is 2.00. The third-order valence-electron chi connectivity index (χ3n) is 2.14. The van der Waals surface area contributed by atoms with Crippen molar-refractivity contribution in [2.75, 3.05) is 19.0 Å². The molecule has 14 heavy (non-hydrogen) atoms. The van der Waals surface area contributed by atoms with Gasteiger partial charge in [0.05, 0.1) is 17.2 Å². The molecular weight excluding hydrogens is 174 g/mol. The van der Waals surface area contributed by atoms with Crippen molar-refractivity contribution in [1.82, 2.24) is 9.97 Å². The molecule has 1 aromatic carbocycles. The number of benzene rings is 1. The molecule has 0 atom stereocenters. The van der Waals surface area contributed by atoms with Gasteiger partial charge in [0, 0.05) is 14.1 Å². The standard InChI is InChI=1S/C11H13N3/c1-8-4-5-9-10(6-8)12-7-11(13-9)14(2)3/h4-7H,1-3H3. The summed E-state index contributed by atoms with van der Waals surface area (Å²) in [4.78, 5) is 10.8. The molecule has 0 spiro atoms. The highest BCUT2D eigenvalue weighted by Gasteiger charge is 2.00. The Labute approximate surface area is 83.4 Å². The van der Waals surface area contributed by atoms with Crippen LogP contribution in [0.3, 0.4) is 0 Å². The zero-order valence-corrected chi connectivity index (χ0v) is 8.65. The summed E-state index contributed by atoms with van der Waals surface area (Å²) >= 11 is 0. The summed E-state index contributed by atoms with van der Waals surface area (Å²) in [5, 5.41) is 0. The lowest BCUT2D eigenvalue weighted by atomic mass is 10.2. The summed E-state index contributed by atoms with van der Waals surface area (Å²) in [6, 6.07) is 6.10. The molecule has 0 N–H and O–H groups in total. The fraction of sp³-hybridized carbons (Fsp3) is 0.273. The van der Waals surface area contributed by atoms with Gasteiger partial charge in [0.25, 0.3) is 0 Å². The molecule has 1 aromatic heterocycles. The van der Waals surface area contributed by atoms with Crippen LogP contribution in [0.2, 0.25) is 0 Å². The van der Waals surface area contributed by atoms with Gasteiger partial charge >= 0.3 is 0 Å². The number of anilines is 1. The first-order valence-electron chi connectivity index (χ1n) is 4.57. The second kappa shape index (κ2) is 3.25. The molecule has 0 saturated heterocycles. The van der Waals surface area contributed by atoms with E-state index in [-0.39, 0.29) is 0 Å². The highest BCUT2D eigenvalue weighted by molar-refractivity contribution is 5.76. The van der Waals surface area contributed by atoms with Gasteiger partial charge in [0.1, 0.15) is 5.82 Å².